The molecule has 2 heterocycles. The Morgan fingerprint density at radius 2 is 2.39 bits per heavy atom. The Labute approximate surface area is 107 Å². The summed E-state index contributed by atoms with van der Waals surface area (Å²) in [5.74, 6) is -0.702. The maximum atomic E-state index is 10.8. The molecule has 1 fully saturated rings. The Balaban J connectivity index is 2.05. The number of likely N-dealkylation sites (tertiary alicyclic amines) is 1. The Morgan fingerprint density at radius 3 is 3.06 bits per heavy atom. The van der Waals surface area contributed by atoms with Gasteiger partial charge in [0.25, 0.3) is 0 Å². The van der Waals surface area contributed by atoms with Gasteiger partial charge in [-0.1, -0.05) is 0 Å². The Kier molecular flexibility index (Phi) is 4.01. The quantitative estimate of drug-likeness (QED) is 0.864. The first-order valence-corrected chi connectivity index (χ1v) is 6.59. The molecule has 1 unspecified atom stereocenters. The van der Waals surface area contributed by atoms with E-state index in [1.165, 1.54) is 5.69 Å². The zero-order chi connectivity index (χ0) is 13.1. The SMILES string of the molecule is CCn1nc(C)cc1CN1CCCC1CC(=O)O. The van der Waals surface area contributed by atoms with Crippen molar-refractivity contribution in [3.8, 4) is 0 Å². The molecule has 0 spiro atoms. The van der Waals surface area contributed by atoms with Crippen LogP contribution in [-0.2, 0) is 17.9 Å². The standard InChI is InChI=1S/C13H21N3O2/c1-3-16-12(7-10(2)14-16)9-15-6-4-5-11(15)8-13(17)18/h7,11H,3-6,8-9H2,1-2H3,(H,17,18). The van der Waals surface area contributed by atoms with Crippen LogP contribution in [0.4, 0.5) is 0 Å². The average molecular weight is 251 g/mol. The minimum atomic E-state index is -0.702. The third-order valence-electron chi connectivity index (χ3n) is 3.56. The van der Waals surface area contributed by atoms with Gasteiger partial charge in [0, 0.05) is 19.1 Å². The molecule has 1 aromatic rings. The molecule has 1 N–H and O–H groups in total. The van der Waals surface area contributed by atoms with E-state index in [2.05, 4.69) is 23.0 Å². The number of carboxylic acids is 1. The highest BCUT2D eigenvalue weighted by atomic mass is 16.4. The lowest BCUT2D eigenvalue weighted by Crippen LogP contribution is -2.31. The second-order valence-electron chi connectivity index (χ2n) is 4.96. The summed E-state index contributed by atoms with van der Waals surface area (Å²) in [6.45, 7) is 6.74. The summed E-state index contributed by atoms with van der Waals surface area (Å²) in [6.07, 6.45) is 2.34. The van der Waals surface area contributed by atoms with Gasteiger partial charge in [-0.2, -0.15) is 5.10 Å². The summed E-state index contributed by atoms with van der Waals surface area (Å²) in [5, 5.41) is 13.3. The van der Waals surface area contributed by atoms with Crippen molar-refractivity contribution in [3.63, 3.8) is 0 Å². The van der Waals surface area contributed by atoms with E-state index in [1.807, 2.05) is 11.6 Å². The molecular weight excluding hydrogens is 230 g/mol. The van der Waals surface area contributed by atoms with E-state index >= 15 is 0 Å². The van der Waals surface area contributed by atoms with Gasteiger partial charge >= 0.3 is 5.97 Å². The van der Waals surface area contributed by atoms with E-state index in [1.54, 1.807) is 0 Å². The number of aliphatic carboxylic acids is 1. The zero-order valence-corrected chi connectivity index (χ0v) is 11.1. The highest BCUT2D eigenvalue weighted by Gasteiger charge is 2.27. The predicted molar refractivity (Wildman–Crippen MR) is 68.3 cm³/mol. The molecule has 0 aromatic carbocycles. The summed E-state index contributed by atoms with van der Waals surface area (Å²) < 4.78 is 2.01. The van der Waals surface area contributed by atoms with Crippen molar-refractivity contribution in [1.82, 2.24) is 14.7 Å². The second-order valence-corrected chi connectivity index (χ2v) is 4.96. The number of nitrogens with zero attached hydrogens (tertiary/aromatic N) is 3. The average Bonchev–Trinajstić information content (AvgIpc) is 2.86. The first-order valence-electron chi connectivity index (χ1n) is 6.59. The number of carbonyl (C=O) groups is 1. The van der Waals surface area contributed by atoms with E-state index in [-0.39, 0.29) is 12.5 Å². The van der Waals surface area contributed by atoms with Crippen LogP contribution in [0, 0.1) is 6.92 Å². The second kappa shape index (κ2) is 5.52. The first-order chi connectivity index (χ1) is 8.60. The zero-order valence-electron chi connectivity index (χ0n) is 11.1. The molecule has 0 radical (unpaired) electrons. The summed E-state index contributed by atoms with van der Waals surface area (Å²) in [5.41, 5.74) is 2.22. The van der Waals surface area contributed by atoms with Gasteiger partial charge in [-0.15, -0.1) is 0 Å². The Bertz CT molecular complexity index is 428. The monoisotopic (exact) mass is 251 g/mol. The maximum absolute atomic E-state index is 10.8. The highest BCUT2D eigenvalue weighted by molar-refractivity contribution is 5.67. The van der Waals surface area contributed by atoms with Crippen LogP contribution in [0.3, 0.4) is 0 Å². The fraction of sp³-hybridized carbons (Fsp3) is 0.692. The molecular formula is C13H21N3O2. The number of aromatic nitrogens is 2. The van der Waals surface area contributed by atoms with Crippen molar-refractivity contribution in [2.45, 2.75) is 52.2 Å². The number of carboxylic acid groups (broad SMARTS) is 1. The lowest BCUT2D eigenvalue weighted by molar-refractivity contribution is -0.138. The summed E-state index contributed by atoms with van der Waals surface area (Å²) in [7, 11) is 0. The molecule has 0 bridgehead atoms. The van der Waals surface area contributed by atoms with Crippen LogP contribution in [0.2, 0.25) is 0 Å². The molecule has 5 heteroatoms. The third kappa shape index (κ3) is 2.90. The number of hydrogen-bond donors (Lipinski definition) is 1. The molecule has 0 saturated carbocycles. The lowest BCUT2D eigenvalue weighted by atomic mass is 10.1. The van der Waals surface area contributed by atoms with Crippen molar-refractivity contribution < 1.29 is 9.90 Å². The topological polar surface area (TPSA) is 58.4 Å². The largest absolute Gasteiger partial charge is 0.481 e. The van der Waals surface area contributed by atoms with Crippen LogP contribution < -0.4 is 0 Å². The summed E-state index contributed by atoms with van der Waals surface area (Å²) >= 11 is 0. The Hall–Kier alpha value is -1.36. The molecule has 100 valence electrons. The van der Waals surface area contributed by atoms with E-state index in [9.17, 15) is 4.79 Å². The van der Waals surface area contributed by atoms with Gasteiger partial charge in [-0.25, -0.2) is 0 Å². The van der Waals surface area contributed by atoms with Crippen LogP contribution in [-0.4, -0.2) is 38.3 Å². The van der Waals surface area contributed by atoms with Crippen molar-refractivity contribution >= 4 is 5.97 Å². The van der Waals surface area contributed by atoms with E-state index in [4.69, 9.17) is 5.11 Å². The van der Waals surface area contributed by atoms with Crippen LogP contribution in [0.25, 0.3) is 0 Å². The molecule has 1 aromatic heterocycles. The molecule has 5 nitrogen and oxygen atoms in total. The lowest BCUT2D eigenvalue weighted by Gasteiger charge is -2.23. The highest BCUT2D eigenvalue weighted by Crippen LogP contribution is 2.22. The van der Waals surface area contributed by atoms with Gasteiger partial charge in [0.1, 0.15) is 0 Å². The fourth-order valence-electron chi connectivity index (χ4n) is 2.74. The maximum Gasteiger partial charge on any atom is 0.304 e. The molecule has 2 rings (SSSR count). The molecule has 1 atom stereocenters. The molecule has 1 saturated heterocycles. The van der Waals surface area contributed by atoms with Gasteiger partial charge in [0.15, 0.2) is 0 Å². The minimum Gasteiger partial charge on any atom is -0.481 e. The first kappa shape index (κ1) is 13.1. The molecule has 1 aliphatic rings. The van der Waals surface area contributed by atoms with E-state index in [0.29, 0.717) is 0 Å². The van der Waals surface area contributed by atoms with Gasteiger partial charge in [0.2, 0.25) is 0 Å². The van der Waals surface area contributed by atoms with E-state index < -0.39 is 5.97 Å². The van der Waals surface area contributed by atoms with Crippen LogP contribution in [0.5, 0.6) is 0 Å². The van der Waals surface area contributed by atoms with Gasteiger partial charge in [-0.05, 0) is 39.3 Å². The van der Waals surface area contributed by atoms with Crippen LogP contribution in [0.1, 0.15) is 37.6 Å². The van der Waals surface area contributed by atoms with Gasteiger partial charge in [-0.3, -0.25) is 14.4 Å². The number of aryl methyl sites for hydroxylation is 2. The summed E-state index contributed by atoms with van der Waals surface area (Å²) in [4.78, 5) is 13.1. The Morgan fingerprint density at radius 1 is 1.61 bits per heavy atom. The normalized spacial score (nSPS) is 20.4. The number of rotatable bonds is 5. The van der Waals surface area contributed by atoms with Crippen molar-refractivity contribution in [1.29, 1.82) is 0 Å². The smallest absolute Gasteiger partial charge is 0.304 e. The van der Waals surface area contributed by atoms with Gasteiger partial charge in [0.05, 0.1) is 17.8 Å². The van der Waals surface area contributed by atoms with E-state index in [0.717, 1.165) is 38.2 Å². The molecule has 0 amide bonds. The predicted octanol–water partition coefficient (Wildman–Crippen LogP) is 1.65. The minimum absolute atomic E-state index is 0.183. The number of hydrogen-bond acceptors (Lipinski definition) is 3. The van der Waals surface area contributed by atoms with Crippen molar-refractivity contribution in [2.75, 3.05) is 6.54 Å². The van der Waals surface area contributed by atoms with Crippen molar-refractivity contribution in [2.24, 2.45) is 0 Å². The van der Waals surface area contributed by atoms with Crippen molar-refractivity contribution in [3.05, 3.63) is 17.5 Å². The molecule has 0 aliphatic carbocycles. The van der Waals surface area contributed by atoms with Crippen LogP contribution >= 0.6 is 0 Å². The van der Waals surface area contributed by atoms with Gasteiger partial charge < -0.3 is 5.11 Å². The molecule has 1 aliphatic heterocycles. The third-order valence-corrected chi connectivity index (χ3v) is 3.56. The molecule has 18 heavy (non-hydrogen) atoms. The summed E-state index contributed by atoms with van der Waals surface area (Å²) in [6, 6.07) is 2.28. The fourth-order valence-corrected chi connectivity index (χ4v) is 2.74. The van der Waals surface area contributed by atoms with Crippen LogP contribution in [0.15, 0.2) is 6.07 Å².